The molecule has 0 fully saturated rings. The van der Waals surface area contributed by atoms with Gasteiger partial charge in [-0.05, 0) is 19.8 Å². The number of carboxylic acid groups (broad SMARTS) is 1. The second kappa shape index (κ2) is 6.27. The Morgan fingerprint density at radius 1 is 1.33 bits per heavy atom. The summed E-state index contributed by atoms with van der Waals surface area (Å²) in [5, 5.41) is 11.0. The summed E-state index contributed by atoms with van der Waals surface area (Å²) in [7, 11) is 1.68. The molecule has 0 aliphatic rings. The third kappa shape index (κ3) is 4.18. The number of carboxylic acids is 1. The number of rotatable bonds is 5. The maximum atomic E-state index is 11.6. The van der Waals surface area contributed by atoms with E-state index in [9.17, 15) is 9.59 Å². The number of hydrogen-bond acceptors (Lipinski definition) is 2. The normalized spacial score (nSPS) is 12.3. The minimum absolute atomic E-state index is 0.158. The highest BCUT2D eigenvalue weighted by Gasteiger charge is 2.20. The summed E-state index contributed by atoms with van der Waals surface area (Å²) in [5.41, 5.74) is 0. The lowest BCUT2D eigenvalue weighted by Gasteiger charge is -2.27. The van der Waals surface area contributed by atoms with Gasteiger partial charge in [0, 0.05) is 13.1 Å². The summed E-state index contributed by atoms with van der Waals surface area (Å²) < 4.78 is 0. The van der Waals surface area contributed by atoms with Gasteiger partial charge in [0.05, 0.1) is 0 Å². The van der Waals surface area contributed by atoms with E-state index in [1.165, 1.54) is 6.92 Å². The van der Waals surface area contributed by atoms with Gasteiger partial charge in [-0.1, -0.05) is 13.8 Å². The quantitative estimate of drug-likeness (QED) is 0.727. The van der Waals surface area contributed by atoms with Gasteiger partial charge in [0.1, 0.15) is 6.04 Å². The molecule has 0 saturated carbocycles. The number of carbonyl (C=O) groups is 2. The molecular formula is C10H20N2O3. The van der Waals surface area contributed by atoms with E-state index < -0.39 is 12.0 Å². The molecule has 5 heteroatoms. The van der Waals surface area contributed by atoms with Crippen LogP contribution in [0.25, 0.3) is 0 Å². The third-order valence-electron chi connectivity index (χ3n) is 2.52. The summed E-state index contributed by atoms with van der Waals surface area (Å²) in [4.78, 5) is 23.7. The van der Waals surface area contributed by atoms with E-state index in [0.29, 0.717) is 0 Å². The molecule has 5 nitrogen and oxygen atoms in total. The Balaban J connectivity index is 4.26. The number of nitrogens with one attached hydrogen (secondary N) is 1. The van der Waals surface area contributed by atoms with Crippen molar-refractivity contribution in [1.82, 2.24) is 10.2 Å². The number of carbonyl (C=O) groups excluding carboxylic acids is 1. The Bertz CT molecular complexity index is 227. The lowest BCUT2D eigenvalue weighted by Crippen LogP contribution is -2.48. The summed E-state index contributed by atoms with van der Waals surface area (Å²) in [6.45, 7) is 5.44. The average molecular weight is 216 g/mol. The summed E-state index contributed by atoms with van der Waals surface area (Å²) in [6, 6.07) is -1.03. The van der Waals surface area contributed by atoms with E-state index in [-0.39, 0.29) is 12.1 Å². The van der Waals surface area contributed by atoms with Gasteiger partial charge < -0.3 is 15.3 Å². The highest BCUT2D eigenvalue weighted by Crippen LogP contribution is 2.06. The molecule has 0 aromatic carbocycles. The molecule has 0 bridgehead atoms. The number of amides is 2. The molecule has 88 valence electrons. The first kappa shape index (κ1) is 13.7. The molecule has 0 aliphatic carbocycles. The van der Waals surface area contributed by atoms with Crippen LogP contribution < -0.4 is 5.32 Å². The van der Waals surface area contributed by atoms with Crippen molar-refractivity contribution in [3.05, 3.63) is 0 Å². The molecule has 0 spiro atoms. The SMILES string of the molecule is CCC(CC)N(C)C(=O)NC(C)C(=O)O. The maximum Gasteiger partial charge on any atom is 0.325 e. The molecule has 0 aromatic rings. The lowest BCUT2D eigenvalue weighted by molar-refractivity contribution is -0.138. The molecule has 2 amide bonds. The van der Waals surface area contributed by atoms with Gasteiger partial charge in [-0.3, -0.25) is 4.79 Å². The van der Waals surface area contributed by atoms with E-state index >= 15 is 0 Å². The van der Waals surface area contributed by atoms with Crippen molar-refractivity contribution in [2.24, 2.45) is 0 Å². The van der Waals surface area contributed by atoms with Gasteiger partial charge >= 0.3 is 12.0 Å². The second-order valence-corrected chi connectivity index (χ2v) is 3.59. The van der Waals surface area contributed by atoms with Gasteiger partial charge in [0.25, 0.3) is 0 Å². The van der Waals surface area contributed by atoms with Gasteiger partial charge in [-0.2, -0.15) is 0 Å². The number of urea groups is 1. The van der Waals surface area contributed by atoms with Gasteiger partial charge in [0.15, 0.2) is 0 Å². The van der Waals surface area contributed by atoms with Crippen molar-refractivity contribution in [1.29, 1.82) is 0 Å². The van der Waals surface area contributed by atoms with Gasteiger partial charge in [-0.25, -0.2) is 4.79 Å². The topological polar surface area (TPSA) is 69.6 Å². The molecule has 15 heavy (non-hydrogen) atoms. The van der Waals surface area contributed by atoms with Crippen LogP contribution in [0.1, 0.15) is 33.6 Å². The Morgan fingerprint density at radius 2 is 1.80 bits per heavy atom. The van der Waals surface area contributed by atoms with Crippen LogP contribution in [0.4, 0.5) is 4.79 Å². The highest BCUT2D eigenvalue weighted by molar-refractivity contribution is 5.82. The largest absolute Gasteiger partial charge is 0.480 e. The number of aliphatic carboxylic acids is 1. The molecule has 0 aliphatic heterocycles. The zero-order valence-corrected chi connectivity index (χ0v) is 9.78. The first-order chi connectivity index (χ1) is 6.93. The predicted octanol–water partition coefficient (Wildman–Crippen LogP) is 1.29. The van der Waals surface area contributed by atoms with E-state index in [4.69, 9.17) is 5.11 Å². The fourth-order valence-corrected chi connectivity index (χ4v) is 1.35. The fourth-order valence-electron chi connectivity index (χ4n) is 1.35. The van der Waals surface area contributed by atoms with E-state index in [0.717, 1.165) is 12.8 Å². The lowest BCUT2D eigenvalue weighted by atomic mass is 10.1. The van der Waals surface area contributed by atoms with Crippen molar-refractivity contribution in [3.63, 3.8) is 0 Å². The molecule has 0 radical (unpaired) electrons. The molecule has 0 rings (SSSR count). The van der Waals surface area contributed by atoms with E-state index in [1.807, 2.05) is 13.8 Å². The molecule has 1 atom stereocenters. The van der Waals surface area contributed by atoms with Crippen molar-refractivity contribution >= 4 is 12.0 Å². The molecule has 0 saturated heterocycles. The standard InChI is InChI=1S/C10H20N2O3/c1-5-8(6-2)12(4)10(15)11-7(3)9(13)14/h7-8H,5-6H2,1-4H3,(H,11,15)(H,13,14). The van der Waals surface area contributed by atoms with Crippen LogP contribution in [0, 0.1) is 0 Å². The van der Waals surface area contributed by atoms with Crippen LogP contribution in [0.2, 0.25) is 0 Å². The predicted molar refractivity (Wildman–Crippen MR) is 57.8 cm³/mol. The Kier molecular flexibility index (Phi) is 5.74. The highest BCUT2D eigenvalue weighted by atomic mass is 16.4. The smallest absolute Gasteiger partial charge is 0.325 e. The van der Waals surface area contributed by atoms with Crippen molar-refractivity contribution in [3.8, 4) is 0 Å². The summed E-state index contributed by atoms with van der Waals surface area (Å²) >= 11 is 0. The molecule has 1 unspecified atom stereocenters. The molecule has 0 aromatic heterocycles. The monoisotopic (exact) mass is 216 g/mol. The van der Waals surface area contributed by atoms with Crippen LogP contribution >= 0.6 is 0 Å². The minimum Gasteiger partial charge on any atom is -0.480 e. The fraction of sp³-hybridized carbons (Fsp3) is 0.800. The summed E-state index contributed by atoms with van der Waals surface area (Å²) in [6.07, 6.45) is 1.73. The number of nitrogens with zero attached hydrogens (tertiary/aromatic N) is 1. The first-order valence-corrected chi connectivity index (χ1v) is 5.20. The van der Waals surface area contributed by atoms with E-state index in [1.54, 1.807) is 11.9 Å². The minimum atomic E-state index is -1.03. The van der Waals surface area contributed by atoms with Crippen molar-refractivity contribution in [2.45, 2.75) is 45.7 Å². The third-order valence-corrected chi connectivity index (χ3v) is 2.52. The first-order valence-electron chi connectivity index (χ1n) is 5.20. The Labute approximate surface area is 90.5 Å². The molecule has 2 N–H and O–H groups in total. The van der Waals surface area contributed by atoms with Gasteiger partial charge in [0.2, 0.25) is 0 Å². The van der Waals surface area contributed by atoms with Crippen LogP contribution in [-0.2, 0) is 4.79 Å². The zero-order valence-electron chi connectivity index (χ0n) is 9.78. The number of hydrogen-bond donors (Lipinski definition) is 2. The second-order valence-electron chi connectivity index (χ2n) is 3.59. The van der Waals surface area contributed by atoms with Crippen molar-refractivity contribution in [2.75, 3.05) is 7.05 Å². The van der Waals surface area contributed by atoms with Crippen LogP contribution in [0.15, 0.2) is 0 Å². The van der Waals surface area contributed by atoms with Crippen LogP contribution in [0.3, 0.4) is 0 Å². The Hall–Kier alpha value is -1.26. The van der Waals surface area contributed by atoms with Crippen LogP contribution in [-0.4, -0.2) is 41.1 Å². The van der Waals surface area contributed by atoms with Crippen LogP contribution in [0.5, 0.6) is 0 Å². The van der Waals surface area contributed by atoms with Gasteiger partial charge in [-0.15, -0.1) is 0 Å². The van der Waals surface area contributed by atoms with Crippen molar-refractivity contribution < 1.29 is 14.7 Å². The Morgan fingerprint density at radius 3 is 2.13 bits per heavy atom. The molecular weight excluding hydrogens is 196 g/mol. The maximum absolute atomic E-state index is 11.6. The van der Waals surface area contributed by atoms with E-state index in [2.05, 4.69) is 5.32 Å². The molecule has 0 heterocycles. The summed E-state index contributed by atoms with van der Waals surface area (Å²) in [5.74, 6) is -1.03. The average Bonchev–Trinajstić information content (AvgIpc) is 2.19. The zero-order chi connectivity index (χ0) is 12.0.